The van der Waals surface area contributed by atoms with Crippen LogP contribution in [0.4, 0.5) is 0 Å². The number of rotatable bonds is 4. The molecule has 0 saturated carbocycles. The van der Waals surface area contributed by atoms with Crippen molar-refractivity contribution >= 4 is 6.29 Å². The Labute approximate surface area is 92.5 Å². The summed E-state index contributed by atoms with van der Waals surface area (Å²) in [6.07, 6.45) is 1.88. The molecule has 0 aliphatic heterocycles. The van der Waals surface area contributed by atoms with Gasteiger partial charge in [0.05, 0.1) is 0 Å². The summed E-state index contributed by atoms with van der Waals surface area (Å²) in [7, 11) is 0. The van der Waals surface area contributed by atoms with Gasteiger partial charge < -0.3 is 4.79 Å². The van der Waals surface area contributed by atoms with Gasteiger partial charge in [0.25, 0.3) is 0 Å². The van der Waals surface area contributed by atoms with Gasteiger partial charge in [0.1, 0.15) is 6.29 Å². The first-order valence-electron chi connectivity index (χ1n) is 5.59. The number of aryl methyl sites for hydroxylation is 1. The van der Waals surface area contributed by atoms with Gasteiger partial charge >= 0.3 is 0 Å². The quantitative estimate of drug-likeness (QED) is 0.686. The van der Waals surface area contributed by atoms with Gasteiger partial charge in [-0.2, -0.15) is 0 Å². The smallest absolute Gasteiger partial charge is 0.123 e. The molecule has 0 aromatic heterocycles. The molecular weight excluding hydrogens is 184 g/mol. The van der Waals surface area contributed by atoms with Gasteiger partial charge in [-0.1, -0.05) is 39.0 Å². The molecule has 1 aromatic rings. The van der Waals surface area contributed by atoms with Crippen LogP contribution in [0.3, 0.4) is 0 Å². The molecule has 1 rings (SSSR count). The molecule has 0 aliphatic carbocycles. The van der Waals surface area contributed by atoms with Crippen molar-refractivity contribution in [2.24, 2.45) is 5.92 Å². The van der Waals surface area contributed by atoms with Crippen molar-refractivity contribution in [3.05, 3.63) is 34.9 Å². The van der Waals surface area contributed by atoms with Gasteiger partial charge in [-0.25, -0.2) is 0 Å². The summed E-state index contributed by atoms with van der Waals surface area (Å²) in [4.78, 5) is 10.6. The van der Waals surface area contributed by atoms with E-state index in [-0.39, 0.29) is 5.92 Å². The first kappa shape index (κ1) is 12.0. The molecule has 0 fully saturated rings. The average molecular weight is 204 g/mol. The Morgan fingerprint density at radius 3 is 2.40 bits per heavy atom. The number of carbonyl (C=O) groups excluding carboxylic acids is 1. The van der Waals surface area contributed by atoms with Gasteiger partial charge in [0, 0.05) is 5.92 Å². The molecule has 0 saturated heterocycles. The SMILES string of the molecule is Cc1cc(C(C)C)ccc1C[C@@H](C)C=O. The van der Waals surface area contributed by atoms with E-state index in [4.69, 9.17) is 0 Å². The van der Waals surface area contributed by atoms with E-state index >= 15 is 0 Å². The Morgan fingerprint density at radius 1 is 1.27 bits per heavy atom. The van der Waals surface area contributed by atoms with Crippen molar-refractivity contribution in [3.63, 3.8) is 0 Å². The van der Waals surface area contributed by atoms with Gasteiger partial charge in [-0.15, -0.1) is 0 Å². The third-order valence-electron chi connectivity index (χ3n) is 2.81. The Balaban J connectivity index is 2.88. The molecule has 0 bridgehead atoms. The number of hydrogen-bond acceptors (Lipinski definition) is 1. The molecule has 0 N–H and O–H groups in total. The second-order valence-corrected chi connectivity index (χ2v) is 4.66. The van der Waals surface area contributed by atoms with Gasteiger partial charge in [0.15, 0.2) is 0 Å². The van der Waals surface area contributed by atoms with Crippen LogP contribution in [-0.4, -0.2) is 6.29 Å². The second kappa shape index (κ2) is 5.11. The highest BCUT2D eigenvalue weighted by Crippen LogP contribution is 2.20. The maximum absolute atomic E-state index is 10.6. The van der Waals surface area contributed by atoms with Crippen LogP contribution in [0.2, 0.25) is 0 Å². The fraction of sp³-hybridized carbons (Fsp3) is 0.500. The van der Waals surface area contributed by atoms with E-state index in [1.165, 1.54) is 16.7 Å². The Kier molecular flexibility index (Phi) is 4.07. The predicted octanol–water partition coefficient (Wildman–Crippen LogP) is 3.50. The van der Waals surface area contributed by atoms with Gasteiger partial charge in [-0.05, 0) is 36.0 Å². The lowest BCUT2D eigenvalue weighted by molar-refractivity contribution is -0.110. The predicted molar refractivity (Wildman–Crippen MR) is 64.2 cm³/mol. The zero-order chi connectivity index (χ0) is 11.4. The van der Waals surface area contributed by atoms with E-state index in [0.717, 1.165) is 12.7 Å². The minimum atomic E-state index is 0.119. The van der Waals surface area contributed by atoms with Crippen LogP contribution in [-0.2, 0) is 11.2 Å². The first-order valence-corrected chi connectivity index (χ1v) is 5.59. The molecule has 1 nitrogen and oxygen atoms in total. The average Bonchev–Trinajstić information content (AvgIpc) is 2.20. The van der Waals surface area contributed by atoms with E-state index < -0.39 is 0 Å². The lowest BCUT2D eigenvalue weighted by Gasteiger charge is -2.11. The summed E-state index contributed by atoms with van der Waals surface area (Å²) in [5.41, 5.74) is 3.96. The molecule has 0 aliphatic rings. The second-order valence-electron chi connectivity index (χ2n) is 4.66. The summed E-state index contributed by atoms with van der Waals surface area (Å²) in [6, 6.07) is 6.56. The van der Waals surface area contributed by atoms with Crippen LogP contribution in [0.1, 0.15) is 43.4 Å². The largest absolute Gasteiger partial charge is 0.303 e. The number of hydrogen-bond donors (Lipinski definition) is 0. The molecule has 1 aromatic carbocycles. The minimum absolute atomic E-state index is 0.119. The van der Waals surface area contributed by atoms with E-state index in [2.05, 4.69) is 39.0 Å². The summed E-state index contributed by atoms with van der Waals surface area (Å²) in [6.45, 7) is 8.48. The van der Waals surface area contributed by atoms with Crippen LogP contribution in [0.5, 0.6) is 0 Å². The van der Waals surface area contributed by atoms with Crippen molar-refractivity contribution in [1.29, 1.82) is 0 Å². The number of aldehydes is 1. The highest BCUT2D eigenvalue weighted by atomic mass is 16.1. The molecule has 1 atom stereocenters. The highest BCUT2D eigenvalue weighted by molar-refractivity contribution is 5.54. The molecule has 0 radical (unpaired) electrons. The molecule has 0 unspecified atom stereocenters. The molecule has 0 spiro atoms. The summed E-state index contributed by atoms with van der Waals surface area (Å²) >= 11 is 0. The van der Waals surface area contributed by atoms with Crippen LogP contribution in [0, 0.1) is 12.8 Å². The fourth-order valence-corrected chi connectivity index (χ4v) is 1.70. The highest BCUT2D eigenvalue weighted by Gasteiger charge is 2.06. The van der Waals surface area contributed by atoms with Crippen molar-refractivity contribution < 1.29 is 4.79 Å². The fourth-order valence-electron chi connectivity index (χ4n) is 1.70. The first-order chi connectivity index (χ1) is 7.04. The third kappa shape index (κ3) is 3.19. The van der Waals surface area contributed by atoms with Gasteiger partial charge in [-0.3, -0.25) is 0 Å². The zero-order valence-electron chi connectivity index (χ0n) is 10.1. The molecule has 0 amide bonds. The topological polar surface area (TPSA) is 17.1 Å². The van der Waals surface area contributed by atoms with Crippen LogP contribution in [0.15, 0.2) is 18.2 Å². The van der Waals surface area contributed by atoms with E-state index in [0.29, 0.717) is 5.92 Å². The van der Waals surface area contributed by atoms with E-state index in [1.54, 1.807) is 0 Å². The number of carbonyl (C=O) groups is 1. The molecule has 1 heteroatoms. The zero-order valence-corrected chi connectivity index (χ0v) is 10.1. The molecule has 15 heavy (non-hydrogen) atoms. The van der Waals surface area contributed by atoms with Crippen LogP contribution >= 0.6 is 0 Å². The molecule has 0 heterocycles. The number of benzene rings is 1. The van der Waals surface area contributed by atoms with Crippen LogP contribution in [0.25, 0.3) is 0 Å². The minimum Gasteiger partial charge on any atom is -0.303 e. The summed E-state index contributed by atoms with van der Waals surface area (Å²) in [5, 5.41) is 0. The van der Waals surface area contributed by atoms with Crippen LogP contribution < -0.4 is 0 Å². The van der Waals surface area contributed by atoms with Crippen molar-refractivity contribution in [3.8, 4) is 0 Å². The lowest BCUT2D eigenvalue weighted by atomic mass is 9.94. The van der Waals surface area contributed by atoms with Crippen molar-refractivity contribution in [1.82, 2.24) is 0 Å². The molecular formula is C14H20O. The van der Waals surface area contributed by atoms with E-state index in [9.17, 15) is 4.79 Å². The normalized spacial score (nSPS) is 12.9. The van der Waals surface area contributed by atoms with Gasteiger partial charge in [0.2, 0.25) is 0 Å². The maximum atomic E-state index is 10.6. The Bertz CT molecular complexity index is 339. The summed E-state index contributed by atoms with van der Waals surface area (Å²) < 4.78 is 0. The Morgan fingerprint density at radius 2 is 1.93 bits per heavy atom. The Hall–Kier alpha value is -1.11. The van der Waals surface area contributed by atoms with E-state index in [1.807, 2.05) is 6.92 Å². The maximum Gasteiger partial charge on any atom is 0.123 e. The monoisotopic (exact) mass is 204 g/mol. The standard InChI is InChI=1S/C14H20O/c1-10(2)13-5-6-14(12(4)8-13)7-11(3)9-15/h5-6,8-11H,7H2,1-4H3/t11-/m1/s1. The lowest BCUT2D eigenvalue weighted by Crippen LogP contribution is -2.03. The third-order valence-corrected chi connectivity index (χ3v) is 2.81. The van der Waals surface area contributed by atoms with Crippen molar-refractivity contribution in [2.75, 3.05) is 0 Å². The summed E-state index contributed by atoms with van der Waals surface area (Å²) in [5.74, 6) is 0.690. The van der Waals surface area contributed by atoms with Crippen molar-refractivity contribution in [2.45, 2.75) is 40.0 Å². The molecule has 82 valence electrons.